The second-order valence-electron chi connectivity index (χ2n) is 5.12. The average molecular weight is 368 g/mol. The Morgan fingerprint density at radius 3 is 2.43 bits per heavy atom. The Morgan fingerprint density at radius 1 is 1.29 bits per heavy atom. The first-order valence-electron chi connectivity index (χ1n) is 6.56. The Balaban J connectivity index is 1.92. The molecule has 1 aromatic carbocycles. The maximum absolute atomic E-state index is 13.4. The molecule has 0 spiro atoms. The van der Waals surface area contributed by atoms with E-state index in [1.807, 2.05) is 0 Å². The zero-order valence-electron chi connectivity index (χ0n) is 11.1. The van der Waals surface area contributed by atoms with Crippen LogP contribution in [0.15, 0.2) is 22.7 Å². The summed E-state index contributed by atoms with van der Waals surface area (Å²) in [5.74, 6) is -2.06. The summed E-state index contributed by atoms with van der Waals surface area (Å²) < 4.78 is 51.3. The number of carbonyl (C=O) groups is 1. The number of nitrogens with zero attached hydrogens (tertiary/aromatic N) is 1. The molecule has 1 aliphatic heterocycles. The molecular weight excluding hydrogens is 354 g/mol. The van der Waals surface area contributed by atoms with E-state index in [0.717, 1.165) is 0 Å². The molecule has 1 amide bonds. The first-order chi connectivity index (χ1) is 9.77. The minimum absolute atomic E-state index is 0.000878. The fraction of sp³-hybridized carbons (Fsp3) is 0.500. The van der Waals surface area contributed by atoms with Gasteiger partial charge in [-0.15, -0.1) is 0 Å². The molecule has 0 saturated carbocycles. The molecule has 2 rings (SSSR count). The third-order valence-corrected chi connectivity index (χ3v) is 4.29. The molecule has 7 heteroatoms. The van der Waals surface area contributed by atoms with Gasteiger partial charge in [-0.05, 0) is 46.5 Å². The molecule has 1 fully saturated rings. The van der Waals surface area contributed by atoms with Crippen molar-refractivity contribution in [3.05, 3.63) is 34.1 Å². The highest BCUT2D eigenvalue weighted by molar-refractivity contribution is 9.10. The lowest BCUT2D eigenvalue weighted by atomic mass is 9.96. The largest absolute Gasteiger partial charge is 0.391 e. The van der Waals surface area contributed by atoms with Crippen LogP contribution in [0.3, 0.4) is 0 Å². The molecule has 1 aromatic rings. The highest BCUT2D eigenvalue weighted by Gasteiger charge is 2.41. The van der Waals surface area contributed by atoms with Crippen molar-refractivity contribution in [2.45, 2.75) is 25.4 Å². The van der Waals surface area contributed by atoms with Crippen molar-refractivity contribution in [1.29, 1.82) is 0 Å². The molecule has 1 aliphatic rings. The van der Waals surface area contributed by atoms with Crippen LogP contribution in [0, 0.1) is 11.7 Å². The summed E-state index contributed by atoms with van der Waals surface area (Å²) in [5.41, 5.74) is 0.513. The van der Waals surface area contributed by atoms with Crippen LogP contribution in [-0.2, 0) is 11.2 Å². The Kier molecular flexibility index (Phi) is 4.91. The van der Waals surface area contributed by atoms with Crippen molar-refractivity contribution in [2.24, 2.45) is 5.92 Å². The Hall–Kier alpha value is -1.11. The normalized spacial score (nSPS) is 17.1. The molecular formula is C14H14BrF4NO. The van der Waals surface area contributed by atoms with Crippen molar-refractivity contribution >= 4 is 21.8 Å². The monoisotopic (exact) mass is 367 g/mol. The number of rotatable bonds is 2. The highest BCUT2D eigenvalue weighted by atomic mass is 79.9. The van der Waals surface area contributed by atoms with Crippen LogP contribution in [0.25, 0.3) is 0 Å². The van der Waals surface area contributed by atoms with Crippen LogP contribution >= 0.6 is 15.9 Å². The predicted octanol–water partition coefficient (Wildman–Crippen LogP) is 3.93. The van der Waals surface area contributed by atoms with Crippen LogP contribution in [0.5, 0.6) is 0 Å². The van der Waals surface area contributed by atoms with Crippen LogP contribution in [0.2, 0.25) is 0 Å². The number of amides is 1. The van der Waals surface area contributed by atoms with E-state index in [0.29, 0.717) is 10.0 Å². The molecule has 1 saturated heterocycles. The number of hydrogen-bond donors (Lipinski definition) is 0. The number of hydrogen-bond acceptors (Lipinski definition) is 1. The number of halogens is 5. The van der Waals surface area contributed by atoms with Crippen molar-refractivity contribution < 1.29 is 22.4 Å². The van der Waals surface area contributed by atoms with Gasteiger partial charge in [0.05, 0.1) is 16.8 Å². The fourth-order valence-corrected chi connectivity index (χ4v) is 2.64. The quantitative estimate of drug-likeness (QED) is 0.725. The van der Waals surface area contributed by atoms with Crippen LogP contribution in [0.4, 0.5) is 17.6 Å². The van der Waals surface area contributed by atoms with Crippen LogP contribution in [0.1, 0.15) is 18.4 Å². The summed E-state index contributed by atoms with van der Waals surface area (Å²) >= 11 is 3.02. The maximum Gasteiger partial charge on any atom is 0.391 e. The Bertz CT molecular complexity index is 524. The molecule has 0 atom stereocenters. The summed E-state index contributed by atoms with van der Waals surface area (Å²) in [5, 5.41) is 0. The van der Waals surface area contributed by atoms with E-state index in [9.17, 15) is 22.4 Å². The first-order valence-corrected chi connectivity index (χ1v) is 7.35. The smallest absolute Gasteiger partial charge is 0.342 e. The first kappa shape index (κ1) is 16.3. The van der Waals surface area contributed by atoms with E-state index < -0.39 is 17.9 Å². The highest BCUT2D eigenvalue weighted by Crippen LogP contribution is 2.34. The van der Waals surface area contributed by atoms with Gasteiger partial charge in [0.2, 0.25) is 5.91 Å². The molecule has 0 aliphatic carbocycles. The molecule has 0 unspecified atom stereocenters. The number of carbonyl (C=O) groups excluding carboxylic acids is 1. The molecule has 116 valence electrons. The SMILES string of the molecule is O=C(Cc1ccc(Br)c(F)c1)N1CCC(C(F)(F)F)CC1. The Morgan fingerprint density at radius 2 is 1.90 bits per heavy atom. The summed E-state index contributed by atoms with van der Waals surface area (Å²) in [6.45, 7) is 0.198. The van der Waals surface area contributed by atoms with Gasteiger partial charge in [-0.2, -0.15) is 13.2 Å². The second-order valence-corrected chi connectivity index (χ2v) is 5.98. The second kappa shape index (κ2) is 6.34. The van der Waals surface area contributed by atoms with Crippen molar-refractivity contribution in [3.63, 3.8) is 0 Å². The fourth-order valence-electron chi connectivity index (χ4n) is 2.39. The van der Waals surface area contributed by atoms with E-state index in [2.05, 4.69) is 15.9 Å². The lowest BCUT2D eigenvalue weighted by Crippen LogP contribution is -2.42. The number of benzene rings is 1. The third kappa shape index (κ3) is 4.18. The van der Waals surface area contributed by atoms with Gasteiger partial charge >= 0.3 is 6.18 Å². The van der Waals surface area contributed by atoms with Gasteiger partial charge in [0, 0.05) is 13.1 Å². The molecule has 0 bridgehead atoms. The predicted molar refractivity (Wildman–Crippen MR) is 73.2 cm³/mol. The molecule has 0 aromatic heterocycles. The minimum Gasteiger partial charge on any atom is -0.342 e. The molecule has 0 radical (unpaired) electrons. The van der Waals surface area contributed by atoms with Gasteiger partial charge < -0.3 is 4.90 Å². The van der Waals surface area contributed by atoms with Crippen molar-refractivity contribution in [1.82, 2.24) is 4.90 Å². The summed E-state index contributed by atoms with van der Waals surface area (Å²) in [6, 6.07) is 4.38. The van der Waals surface area contributed by atoms with E-state index in [4.69, 9.17) is 0 Å². The lowest BCUT2D eigenvalue weighted by molar-refractivity contribution is -0.186. The number of likely N-dealkylation sites (tertiary alicyclic amines) is 1. The molecule has 0 N–H and O–H groups in total. The molecule has 21 heavy (non-hydrogen) atoms. The zero-order valence-corrected chi connectivity index (χ0v) is 12.7. The number of piperidine rings is 1. The van der Waals surface area contributed by atoms with Gasteiger partial charge in [-0.1, -0.05) is 6.07 Å². The van der Waals surface area contributed by atoms with E-state index in [1.165, 1.54) is 17.0 Å². The van der Waals surface area contributed by atoms with Gasteiger partial charge in [-0.3, -0.25) is 4.79 Å². The van der Waals surface area contributed by atoms with Crippen LogP contribution < -0.4 is 0 Å². The maximum atomic E-state index is 13.4. The molecule has 1 heterocycles. The summed E-state index contributed by atoms with van der Waals surface area (Å²) in [6.07, 6.45) is -4.32. The third-order valence-electron chi connectivity index (χ3n) is 3.65. The number of alkyl halides is 3. The standard InChI is InChI=1S/C14H14BrF4NO/c15-11-2-1-9(7-12(11)16)8-13(21)20-5-3-10(4-6-20)14(17,18)19/h1-2,7,10H,3-6,8H2. The van der Waals surface area contributed by atoms with Gasteiger partial charge in [0.15, 0.2) is 0 Å². The van der Waals surface area contributed by atoms with Crippen molar-refractivity contribution in [2.75, 3.05) is 13.1 Å². The molecule has 2 nitrogen and oxygen atoms in total. The minimum atomic E-state index is -4.19. The summed E-state index contributed by atoms with van der Waals surface area (Å²) in [7, 11) is 0. The summed E-state index contributed by atoms with van der Waals surface area (Å²) in [4.78, 5) is 13.4. The van der Waals surface area contributed by atoms with E-state index in [-0.39, 0.29) is 38.3 Å². The Labute approximate surface area is 128 Å². The van der Waals surface area contributed by atoms with E-state index >= 15 is 0 Å². The topological polar surface area (TPSA) is 20.3 Å². The van der Waals surface area contributed by atoms with Gasteiger partial charge in [0.1, 0.15) is 5.82 Å². The zero-order chi connectivity index (χ0) is 15.6. The van der Waals surface area contributed by atoms with Crippen LogP contribution in [-0.4, -0.2) is 30.1 Å². The van der Waals surface area contributed by atoms with Gasteiger partial charge in [-0.25, -0.2) is 4.39 Å². The average Bonchev–Trinajstić information content (AvgIpc) is 2.42. The van der Waals surface area contributed by atoms with Crippen molar-refractivity contribution in [3.8, 4) is 0 Å². The van der Waals surface area contributed by atoms with Gasteiger partial charge in [0.25, 0.3) is 0 Å². The van der Waals surface area contributed by atoms with E-state index in [1.54, 1.807) is 6.07 Å². The lowest BCUT2D eigenvalue weighted by Gasteiger charge is -2.33.